The highest BCUT2D eigenvalue weighted by molar-refractivity contribution is 5.99. The van der Waals surface area contributed by atoms with Gasteiger partial charge in [0.2, 0.25) is 0 Å². The maximum Gasteiger partial charge on any atom is 0.323 e. The summed E-state index contributed by atoms with van der Waals surface area (Å²) in [5.41, 5.74) is 2.68. The summed E-state index contributed by atoms with van der Waals surface area (Å²) in [6.45, 7) is 1.53. The molecule has 0 aliphatic carbocycles. The number of Topliss-reactive ketones (excluding diaryl/α,β-unsaturated/α-hetero) is 1. The van der Waals surface area contributed by atoms with Crippen molar-refractivity contribution in [2.24, 2.45) is 0 Å². The first-order chi connectivity index (χ1) is 12.6. The molecule has 1 heterocycles. The molecule has 0 aliphatic rings. The lowest BCUT2D eigenvalue weighted by Crippen LogP contribution is -2.19. The number of anilines is 4. The van der Waals surface area contributed by atoms with Gasteiger partial charge >= 0.3 is 6.03 Å². The van der Waals surface area contributed by atoms with Gasteiger partial charge in [-0.05, 0) is 43.3 Å². The van der Waals surface area contributed by atoms with Crippen molar-refractivity contribution in [3.8, 4) is 0 Å². The van der Waals surface area contributed by atoms with Crippen molar-refractivity contribution >= 4 is 34.7 Å². The van der Waals surface area contributed by atoms with Crippen LogP contribution in [0.25, 0.3) is 0 Å². The van der Waals surface area contributed by atoms with Gasteiger partial charge in [-0.1, -0.05) is 30.3 Å². The summed E-state index contributed by atoms with van der Waals surface area (Å²) in [7, 11) is 0. The Hall–Kier alpha value is -3.67. The molecule has 0 aliphatic heterocycles. The van der Waals surface area contributed by atoms with E-state index in [-0.39, 0.29) is 11.8 Å². The molecule has 0 bridgehead atoms. The summed E-state index contributed by atoms with van der Waals surface area (Å²) in [5.74, 6) is 0.616. The topological polar surface area (TPSA) is 83.1 Å². The normalized spacial score (nSPS) is 10.0. The first kappa shape index (κ1) is 17.2. The second-order valence-corrected chi connectivity index (χ2v) is 5.64. The van der Waals surface area contributed by atoms with Crippen molar-refractivity contribution in [2.45, 2.75) is 6.92 Å². The molecule has 3 N–H and O–H groups in total. The number of para-hydroxylation sites is 1. The van der Waals surface area contributed by atoms with E-state index in [1.54, 1.807) is 42.6 Å². The lowest BCUT2D eigenvalue weighted by atomic mass is 10.1. The summed E-state index contributed by atoms with van der Waals surface area (Å²) in [4.78, 5) is 27.7. The Kier molecular flexibility index (Phi) is 5.24. The van der Waals surface area contributed by atoms with Gasteiger partial charge in [-0.25, -0.2) is 9.78 Å². The number of benzene rings is 2. The Morgan fingerprint density at radius 2 is 1.54 bits per heavy atom. The Balaban J connectivity index is 1.60. The molecule has 0 atom stereocenters. The molecule has 0 fully saturated rings. The van der Waals surface area contributed by atoms with Crippen LogP contribution >= 0.6 is 0 Å². The number of hydrogen-bond acceptors (Lipinski definition) is 4. The number of nitrogens with one attached hydrogen (secondary N) is 3. The van der Waals surface area contributed by atoms with E-state index in [9.17, 15) is 9.59 Å². The van der Waals surface area contributed by atoms with E-state index in [1.165, 1.54) is 6.92 Å². The molecule has 2 amide bonds. The van der Waals surface area contributed by atoms with Gasteiger partial charge in [0, 0.05) is 16.9 Å². The monoisotopic (exact) mass is 346 g/mol. The third kappa shape index (κ3) is 4.67. The number of amides is 2. The van der Waals surface area contributed by atoms with Crippen LogP contribution in [0.4, 0.5) is 27.7 Å². The number of urea groups is 1. The van der Waals surface area contributed by atoms with Crippen LogP contribution < -0.4 is 16.0 Å². The summed E-state index contributed by atoms with van der Waals surface area (Å²) < 4.78 is 0. The third-order valence-electron chi connectivity index (χ3n) is 3.59. The molecule has 6 heteroatoms. The van der Waals surface area contributed by atoms with Gasteiger partial charge in [-0.2, -0.15) is 0 Å². The predicted octanol–water partition coefficient (Wildman–Crippen LogP) is 4.67. The van der Waals surface area contributed by atoms with Crippen LogP contribution in [0.1, 0.15) is 17.3 Å². The van der Waals surface area contributed by atoms with E-state index in [0.29, 0.717) is 22.8 Å². The molecule has 6 nitrogen and oxygen atoms in total. The summed E-state index contributed by atoms with van der Waals surface area (Å²) in [6.07, 6.45) is 1.56. The number of ketones is 1. The summed E-state index contributed by atoms with van der Waals surface area (Å²) in [5, 5.41) is 8.58. The van der Waals surface area contributed by atoms with Gasteiger partial charge in [0.05, 0.1) is 11.9 Å². The molecule has 2 aromatic carbocycles. The molecule has 26 heavy (non-hydrogen) atoms. The molecule has 0 spiro atoms. The van der Waals surface area contributed by atoms with E-state index in [1.807, 2.05) is 30.3 Å². The number of hydrogen-bond donors (Lipinski definition) is 3. The van der Waals surface area contributed by atoms with Crippen LogP contribution in [-0.2, 0) is 0 Å². The summed E-state index contributed by atoms with van der Waals surface area (Å²) >= 11 is 0. The first-order valence-corrected chi connectivity index (χ1v) is 8.07. The Bertz CT molecular complexity index is 909. The Labute approximate surface area is 151 Å². The fourth-order valence-corrected chi connectivity index (χ4v) is 2.32. The van der Waals surface area contributed by atoms with Crippen molar-refractivity contribution in [3.63, 3.8) is 0 Å². The molecular formula is C20H18N4O2. The van der Waals surface area contributed by atoms with Gasteiger partial charge < -0.3 is 16.0 Å². The van der Waals surface area contributed by atoms with Crippen LogP contribution in [0.5, 0.6) is 0 Å². The SMILES string of the molecule is CC(=O)c1cccc(Nc2ccc(NC(=O)Nc3ccccc3)cn2)c1. The highest BCUT2D eigenvalue weighted by Gasteiger charge is 2.04. The van der Waals surface area contributed by atoms with Crippen LogP contribution in [0.3, 0.4) is 0 Å². The molecule has 0 saturated carbocycles. The highest BCUT2D eigenvalue weighted by Crippen LogP contribution is 2.18. The fourth-order valence-electron chi connectivity index (χ4n) is 2.32. The fraction of sp³-hybridized carbons (Fsp3) is 0.0500. The van der Waals surface area contributed by atoms with Crippen LogP contribution in [0, 0.1) is 0 Å². The maximum atomic E-state index is 12.0. The Morgan fingerprint density at radius 1 is 0.808 bits per heavy atom. The van der Waals surface area contributed by atoms with Gasteiger partial charge in [-0.3, -0.25) is 4.79 Å². The first-order valence-electron chi connectivity index (χ1n) is 8.07. The van der Waals surface area contributed by atoms with Crippen molar-refractivity contribution in [3.05, 3.63) is 78.5 Å². The summed E-state index contributed by atoms with van der Waals surface area (Å²) in [6, 6.07) is 19.5. The quantitative estimate of drug-likeness (QED) is 0.586. The van der Waals surface area contributed by atoms with E-state index >= 15 is 0 Å². The molecule has 0 radical (unpaired) electrons. The largest absolute Gasteiger partial charge is 0.340 e. The molecule has 0 unspecified atom stereocenters. The zero-order valence-electron chi connectivity index (χ0n) is 14.2. The Morgan fingerprint density at radius 3 is 2.23 bits per heavy atom. The lowest BCUT2D eigenvalue weighted by Gasteiger charge is -2.09. The van der Waals surface area contributed by atoms with Gasteiger partial charge in [0.15, 0.2) is 5.78 Å². The lowest BCUT2D eigenvalue weighted by molar-refractivity contribution is 0.101. The number of rotatable bonds is 5. The van der Waals surface area contributed by atoms with Gasteiger partial charge in [0.1, 0.15) is 5.82 Å². The van der Waals surface area contributed by atoms with Crippen molar-refractivity contribution in [2.75, 3.05) is 16.0 Å². The average Bonchev–Trinajstić information content (AvgIpc) is 2.64. The number of carbonyl (C=O) groups is 2. The van der Waals surface area contributed by atoms with E-state index in [2.05, 4.69) is 20.9 Å². The van der Waals surface area contributed by atoms with Crippen molar-refractivity contribution in [1.29, 1.82) is 0 Å². The molecular weight excluding hydrogens is 328 g/mol. The highest BCUT2D eigenvalue weighted by atomic mass is 16.2. The van der Waals surface area contributed by atoms with Crippen LogP contribution in [0.2, 0.25) is 0 Å². The standard InChI is InChI=1S/C20H18N4O2/c1-14(25)15-6-5-9-17(12-15)22-19-11-10-18(13-21-19)24-20(26)23-16-7-3-2-4-8-16/h2-13H,1H3,(H,21,22)(H2,23,24,26). The molecule has 130 valence electrons. The third-order valence-corrected chi connectivity index (χ3v) is 3.59. The number of carbonyl (C=O) groups excluding carboxylic acids is 2. The van der Waals surface area contributed by atoms with Gasteiger partial charge in [0.25, 0.3) is 0 Å². The second kappa shape index (κ2) is 7.94. The molecule has 1 aromatic heterocycles. The maximum absolute atomic E-state index is 12.0. The minimum atomic E-state index is -0.340. The van der Waals surface area contributed by atoms with Crippen molar-refractivity contribution < 1.29 is 9.59 Å². The van der Waals surface area contributed by atoms with Crippen LogP contribution in [-0.4, -0.2) is 16.8 Å². The zero-order valence-corrected chi connectivity index (χ0v) is 14.2. The van der Waals surface area contributed by atoms with E-state index in [4.69, 9.17) is 0 Å². The molecule has 3 aromatic rings. The van der Waals surface area contributed by atoms with E-state index < -0.39 is 0 Å². The molecule has 3 rings (SSSR count). The smallest absolute Gasteiger partial charge is 0.323 e. The number of pyridine rings is 1. The number of aromatic nitrogens is 1. The second-order valence-electron chi connectivity index (χ2n) is 5.64. The minimum Gasteiger partial charge on any atom is -0.340 e. The average molecular weight is 346 g/mol. The van der Waals surface area contributed by atoms with Crippen LogP contribution in [0.15, 0.2) is 72.9 Å². The van der Waals surface area contributed by atoms with E-state index in [0.717, 1.165) is 5.69 Å². The zero-order chi connectivity index (χ0) is 18.4. The predicted molar refractivity (Wildman–Crippen MR) is 103 cm³/mol. The number of nitrogens with zero attached hydrogens (tertiary/aromatic N) is 1. The van der Waals surface area contributed by atoms with Crippen molar-refractivity contribution in [1.82, 2.24) is 4.98 Å². The minimum absolute atomic E-state index is 0.00517. The molecule has 0 saturated heterocycles. The van der Waals surface area contributed by atoms with Gasteiger partial charge in [-0.15, -0.1) is 0 Å².